The molecule has 1 unspecified atom stereocenters. The van der Waals surface area contributed by atoms with Crippen molar-refractivity contribution in [2.75, 3.05) is 6.54 Å². The van der Waals surface area contributed by atoms with E-state index in [1.54, 1.807) is 18.3 Å². The van der Waals surface area contributed by atoms with Gasteiger partial charge in [0, 0.05) is 11.4 Å². The summed E-state index contributed by atoms with van der Waals surface area (Å²) in [6.07, 6.45) is 3.06. The van der Waals surface area contributed by atoms with Gasteiger partial charge >= 0.3 is 0 Å². The number of nitrogens with zero attached hydrogens (tertiary/aromatic N) is 1. The van der Waals surface area contributed by atoms with E-state index < -0.39 is 6.04 Å². The molecule has 0 aromatic carbocycles. The van der Waals surface area contributed by atoms with Crippen LogP contribution in [0.2, 0.25) is 0 Å². The Hall–Kier alpha value is -1.47. The maximum absolute atomic E-state index is 12.8. The summed E-state index contributed by atoms with van der Waals surface area (Å²) in [4.78, 5) is 30.1. The second-order valence-electron chi connectivity index (χ2n) is 5.24. The van der Waals surface area contributed by atoms with Crippen molar-refractivity contribution < 1.29 is 4.79 Å². The van der Waals surface area contributed by atoms with E-state index in [4.69, 9.17) is 12.2 Å². The van der Waals surface area contributed by atoms with Crippen molar-refractivity contribution >= 4 is 39.7 Å². The van der Waals surface area contributed by atoms with Gasteiger partial charge in [0.1, 0.15) is 10.9 Å². The summed E-state index contributed by atoms with van der Waals surface area (Å²) >= 11 is 6.91. The van der Waals surface area contributed by atoms with E-state index in [0.717, 1.165) is 35.0 Å². The van der Waals surface area contributed by atoms with Gasteiger partial charge in [0.2, 0.25) is 5.91 Å². The lowest BCUT2D eigenvalue weighted by Gasteiger charge is -2.14. The third kappa shape index (κ3) is 2.24. The van der Waals surface area contributed by atoms with E-state index in [1.807, 2.05) is 6.92 Å². The molecule has 0 fully saturated rings. The van der Waals surface area contributed by atoms with Gasteiger partial charge in [-0.15, -0.1) is 11.3 Å². The molecule has 5 nitrogen and oxygen atoms in total. The predicted octanol–water partition coefficient (Wildman–Crippen LogP) is 2.31. The number of likely N-dealkylation sites (N-methyl/N-ethyl adjacent to an activating group) is 1. The summed E-state index contributed by atoms with van der Waals surface area (Å²) < 4.78 is 1.71. The fourth-order valence-electron chi connectivity index (χ4n) is 2.88. The molecule has 2 heterocycles. The molecule has 0 aliphatic heterocycles. The van der Waals surface area contributed by atoms with E-state index in [2.05, 4.69) is 10.3 Å². The molecule has 0 saturated heterocycles. The molecule has 2 aromatic rings. The highest BCUT2D eigenvalue weighted by Gasteiger charge is 2.24. The van der Waals surface area contributed by atoms with Crippen molar-refractivity contribution in [1.82, 2.24) is 14.9 Å². The molecule has 0 saturated carbocycles. The number of rotatable bonds is 3. The number of fused-ring (bicyclic) bond motifs is 3. The van der Waals surface area contributed by atoms with Gasteiger partial charge in [-0.05, 0) is 50.9 Å². The van der Waals surface area contributed by atoms with Crippen LogP contribution in [0.5, 0.6) is 0 Å². The second-order valence-corrected chi connectivity index (χ2v) is 6.73. The highest BCUT2D eigenvalue weighted by atomic mass is 32.1. The van der Waals surface area contributed by atoms with Crippen LogP contribution >= 0.6 is 23.6 Å². The second kappa shape index (κ2) is 5.38. The van der Waals surface area contributed by atoms with Crippen LogP contribution in [0.1, 0.15) is 36.8 Å². The number of aromatic nitrogens is 2. The average molecular weight is 323 g/mol. The maximum atomic E-state index is 12.8. The van der Waals surface area contributed by atoms with Crippen molar-refractivity contribution in [2.24, 2.45) is 0 Å². The molecule has 0 bridgehead atoms. The lowest BCUT2D eigenvalue weighted by atomic mass is 10.2. The normalized spacial score (nSPS) is 15.1. The number of amides is 1. The first kappa shape index (κ1) is 14.5. The topological polar surface area (TPSA) is 66.9 Å². The molecular weight excluding hydrogens is 306 g/mol. The minimum absolute atomic E-state index is 0.146. The number of carbonyl (C=O) groups excluding carboxylic acids is 1. The van der Waals surface area contributed by atoms with Gasteiger partial charge in [0.05, 0.1) is 5.39 Å². The number of hydrogen-bond donors (Lipinski definition) is 2. The number of nitrogens with one attached hydrogen (secondary N) is 2. The Labute approximate surface area is 131 Å². The van der Waals surface area contributed by atoms with Gasteiger partial charge in [-0.3, -0.25) is 14.2 Å². The number of thiophene rings is 1. The van der Waals surface area contributed by atoms with E-state index in [1.165, 1.54) is 9.44 Å². The van der Waals surface area contributed by atoms with E-state index in [0.29, 0.717) is 11.3 Å². The Morgan fingerprint density at radius 3 is 3.00 bits per heavy atom. The molecule has 2 N–H and O–H groups in total. The third-order valence-electron chi connectivity index (χ3n) is 3.91. The fourth-order valence-corrected chi connectivity index (χ4v) is 4.57. The van der Waals surface area contributed by atoms with Crippen LogP contribution in [0.25, 0.3) is 10.2 Å². The van der Waals surface area contributed by atoms with Crippen molar-refractivity contribution in [3.63, 3.8) is 0 Å². The van der Waals surface area contributed by atoms with Crippen molar-refractivity contribution in [3.05, 3.63) is 25.6 Å². The third-order valence-corrected chi connectivity index (χ3v) is 5.42. The first-order valence-electron chi connectivity index (χ1n) is 7.11. The average Bonchev–Trinajstić information content (AvgIpc) is 2.98. The van der Waals surface area contributed by atoms with E-state index in [-0.39, 0.29) is 11.5 Å². The highest BCUT2D eigenvalue weighted by molar-refractivity contribution is 7.71. The number of hydrogen-bond acceptors (Lipinski definition) is 4. The Bertz CT molecular complexity index is 831. The molecule has 1 amide bonds. The first-order valence-corrected chi connectivity index (χ1v) is 8.33. The summed E-state index contributed by atoms with van der Waals surface area (Å²) in [5.74, 6) is -0.190. The zero-order chi connectivity index (χ0) is 15.1. The zero-order valence-corrected chi connectivity index (χ0v) is 13.6. The number of aryl methyl sites for hydroxylation is 2. The largest absolute Gasteiger partial charge is 0.355 e. The van der Waals surface area contributed by atoms with E-state index >= 15 is 0 Å². The van der Waals surface area contributed by atoms with E-state index in [9.17, 15) is 9.59 Å². The van der Waals surface area contributed by atoms with Crippen molar-refractivity contribution in [2.45, 2.75) is 39.2 Å². The summed E-state index contributed by atoms with van der Waals surface area (Å²) in [6.45, 7) is 4.09. The summed E-state index contributed by atoms with van der Waals surface area (Å²) in [5, 5.41) is 3.46. The smallest absolute Gasteiger partial charge is 0.264 e. The van der Waals surface area contributed by atoms with Crippen LogP contribution in [0.15, 0.2) is 4.79 Å². The van der Waals surface area contributed by atoms with Crippen LogP contribution < -0.4 is 10.9 Å². The SMILES string of the molecule is CCNC(=O)C(C)n1c(=S)[nH]c2sc3c(c2c1=O)CCC3. The Morgan fingerprint density at radius 2 is 2.29 bits per heavy atom. The fraction of sp³-hybridized carbons (Fsp3) is 0.500. The molecular formula is C14H17N3O2S2. The van der Waals surface area contributed by atoms with Gasteiger partial charge in [0.25, 0.3) is 5.56 Å². The molecule has 1 aliphatic carbocycles. The Kier molecular flexibility index (Phi) is 3.71. The number of H-pyrrole nitrogens is 1. The zero-order valence-electron chi connectivity index (χ0n) is 12.0. The van der Waals surface area contributed by atoms with Gasteiger partial charge in [-0.2, -0.15) is 0 Å². The van der Waals surface area contributed by atoms with Crippen molar-refractivity contribution in [3.8, 4) is 0 Å². The number of carbonyl (C=O) groups is 1. The van der Waals surface area contributed by atoms with Crippen LogP contribution in [0, 0.1) is 4.77 Å². The number of aromatic amines is 1. The molecule has 1 atom stereocenters. The Morgan fingerprint density at radius 1 is 1.52 bits per heavy atom. The molecule has 1 aliphatic rings. The van der Waals surface area contributed by atoms with Crippen molar-refractivity contribution in [1.29, 1.82) is 0 Å². The lowest BCUT2D eigenvalue weighted by molar-refractivity contribution is -0.123. The van der Waals surface area contributed by atoms with Gasteiger partial charge in [-0.1, -0.05) is 0 Å². The lowest BCUT2D eigenvalue weighted by Crippen LogP contribution is -2.36. The highest BCUT2D eigenvalue weighted by Crippen LogP contribution is 2.34. The monoisotopic (exact) mass is 323 g/mol. The molecule has 0 radical (unpaired) electrons. The van der Waals surface area contributed by atoms with Gasteiger partial charge in [0.15, 0.2) is 4.77 Å². The summed E-state index contributed by atoms with van der Waals surface area (Å²) in [5.41, 5.74) is 0.995. The summed E-state index contributed by atoms with van der Waals surface area (Å²) in [6, 6.07) is -0.609. The Balaban J connectivity index is 2.22. The molecule has 112 valence electrons. The standard InChI is InChI=1S/C14H17N3O2S2/c1-3-15-11(18)7(2)17-13(19)10-8-5-4-6-9(8)21-12(10)16-14(17)20/h7H,3-6H2,1-2H3,(H,15,18)(H,16,20). The minimum Gasteiger partial charge on any atom is -0.355 e. The van der Waals surface area contributed by atoms with Gasteiger partial charge < -0.3 is 10.3 Å². The van der Waals surface area contributed by atoms with Crippen LogP contribution in [-0.2, 0) is 17.6 Å². The quantitative estimate of drug-likeness (QED) is 0.852. The molecule has 3 rings (SSSR count). The molecule has 7 heteroatoms. The van der Waals surface area contributed by atoms with Crippen LogP contribution in [-0.4, -0.2) is 22.0 Å². The minimum atomic E-state index is -0.609. The summed E-state index contributed by atoms with van der Waals surface area (Å²) in [7, 11) is 0. The first-order chi connectivity index (χ1) is 10.0. The predicted molar refractivity (Wildman–Crippen MR) is 86.7 cm³/mol. The molecule has 2 aromatic heterocycles. The maximum Gasteiger partial charge on any atom is 0.264 e. The molecule has 0 spiro atoms. The van der Waals surface area contributed by atoms with Crippen LogP contribution in [0.4, 0.5) is 0 Å². The molecule has 21 heavy (non-hydrogen) atoms. The van der Waals surface area contributed by atoms with Gasteiger partial charge in [-0.25, -0.2) is 0 Å². The van der Waals surface area contributed by atoms with Crippen LogP contribution in [0.3, 0.4) is 0 Å².